The van der Waals surface area contributed by atoms with Gasteiger partial charge < -0.3 is 9.88 Å². The van der Waals surface area contributed by atoms with E-state index in [0.29, 0.717) is 12.3 Å². The molecule has 1 saturated heterocycles. The van der Waals surface area contributed by atoms with Gasteiger partial charge in [0.25, 0.3) is 5.56 Å². The number of carbonyl (C=O) groups is 1. The highest BCUT2D eigenvalue weighted by Crippen LogP contribution is 2.43. The largest absolute Gasteiger partial charge is 0.342 e. The van der Waals surface area contributed by atoms with Crippen LogP contribution in [0.4, 0.5) is 0 Å². The summed E-state index contributed by atoms with van der Waals surface area (Å²) in [5.41, 5.74) is 1.55. The van der Waals surface area contributed by atoms with Gasteiger partial charge in [0, 0.05) is 35.9 Å². The first-order valence-corrected chi connectivity index (χ1v) is 10.7. The predicted molar refractivity (Wildman–Crippen MR) is 106 cm³/mol. The number of H-pyrrole nitrogens is 1. The van der Waals surface area contributed by atoms with Crippen molar-refractivity contribution in [2.45, 2.75) is 89.4 Å². The lowest BCUT2D eigenvalue weighted by atomic mass is 9.77. The van der Waals surface area contributed by atoms with Crippen LogP contribution < -0.4 is 5.56 Å². The first-order chi connectivity index (χ1) is 12.8. The van der Waals surface area contributed by atoms with Crippen LogP contribution in [0.3, 0.4) is 0 Å². The molecule has 3 aliphatic rings. The normalized spacial score (nSPS) is 25.5. The van der Waals surface area contributed by atoms with Crippen LogP contribution in [-0.4, -0.2) is 33.9 Å². The van der Waals surface area contributed by atoms with Crippen LogP contribution in [0.1, 0.15) is 89.2 Å². The fourth-order valence-corrected chi connectivity index (χ4v) is 5.02. The number of hydrogen-bond acceptors (Lipinski definition) is 3. The molecule has 2 fully saturated rings. The number of hydrogen-bond donors (Lipinski definition) is 1. The van der Waals surface area contributed by atoms with Gasteiger partial charge in [-0.15, -0.1) is 0 Å². The molecule has 1 saturated carbocycles. The molecule has 2 aliphatic carbocycles. The van der Waals surface area contributed by atoms with Crippen molar-refractivity contribution in [3.05, 3.63) is 27.4 Å². The molecule has 2 heterocycles. The fraction of sp³-hybridized carbons (Fsp3) is 0.773. The van der Waals surface area contributed by atoms with Crippen molar-refractivity contribution in [3.63, 3.8) is 0 Å². The van der Waals surface area contributed by atoms with Crippen molar-refractivity contribution in [2.75, 3.05) is 13.1 Å². The van der Waals surface area contributed by atoms with Gasteiger partial charge in [-0.25, -0.2) is 4.98 Å². The Morgan fingerprint density at radius 1 is 1.26 bits per heavy atom. The minimum Gasteiger partial charge on any atom is -0.342 e. The molecule has 27 heavy (non-hydrogen) atoms. The molecule has 148 valence electrons. The standard InChI is InChI=1S/C22H33N3O2/c1-21(2,3)20-23-18-16(19(27)24-20)10-12-22(18)11-5-13-25(14-22)17(26)9-8-15-6-4-7-15/h15H,4-14H2,1-3H3,(H,23,24,27). The van der Waals surface area contributed by atoms with E-state index in [4.69, 9.17) is 4.98 Å². The Bertz CT molecular complexity index is 788. The highest BCUT2D eigenvalue weighted by molar-refractivity contribution is 5.76. The smallest absolute Gasteiger partial charge is 0.254 e. The van der Waals surface area contributed by atoms with Crippen molar-refractivity contribution in [2.24, 2.45) is 5.92 Å². The summed E-state index contributed by atoms with van der Waals surface area (Å²) < 4.78 is 0. The third-order valence-electron chi connectivity index (χ3n) is 7.00. The maximum atomic E-state index is 12.8. The summed E-state index contributed by atoms with van der Waals surface area (Å²) in [6.07, 6.45) is 9.43. The predicted octanol–water partition coefficient (Wildman–Crippen LogP) is 3.45. The highest BCUT2D eigenvalue weighted by Gasteiger charge is 2.46. The van der Waals surface area contributed by atoms with E-state index < -0.39 is 0 Å². The lowest BCUT2D eigenvalue weighted by Crippen LogP contribution is -2.48. The van der Waals surface area contributed by atoms with E-state index in [-0.39, 0.29) is 16.4 Å². The van der Waals surface area contributed by atoms with Crippen LogP contribution >= 0.6 is 0 Å². The lowest BCUT2D eigenvalue weighted by Gasteiger charge is -2.41. The van der Waals surface area contributed by atoms with E-state index in [9.17, 15) is 9.59 Å². The Morgan fingerprint density at radius 3 is 2.70 bits per heavy atom. The second-order valence-electron chi connectivity index (χ2n) is 10.0. The Morgan fingerprint density at radius 2 is 2.04 bits per heavy atom. The van der Waals surface area contributed by atoms with Crippen molar-refractivity contribution in [3.8, 4) is 0 Å². The number of rotatable bonds is 3. The van der Waals surface area contributed by atoms with E-state index in [1.54, 1.807) is 0 Å². The molecule has 0 aromatic carbocycles. The van der Waals surface area contributed by atoms with Crippen LogP contribution in [0.2, 0.25) is 0 Å². The molecule has 1 unspecified atom stereocenters. The summed E-state index contributed by atoms with van der Waals surface area (Å²) in [5, 5.41) is 0. The molecule has 5 nitrogen and oxygen atoms in total. The Labute approximate surface area is 162 Å². The van der Waals surface area contributed by atoms with E-state index in [1.807, 2.05) is 0 Å². The third-order valence-corrected chi connectivity index (χ3v) is 7.00. The van der Waals surface area contributed by atoms with Crippen LogP contribution in [0.5, 0.6) is 0 Å². The second kappa shape index (κ2) is 6.75. The molecule has 0 radical (unpaired) electrons. The van der Waals surface area contributed by atoms with Crippen LogP contribution in [0.25, 0.3) is 0 Å². The summed E-state index contributed by atoms with van der Waals surface area (Å²) in [6, 6.07) is 0. The first-order valence-electron chi connectivity index (χ1n) is 10.7. The number of carbonyl (C=O) groups excluding carboxylic acids is 1. The number of amides is 1. The molecule has 5 heteroatoms. The summed E-state index contributed by atoms with van der Waals surface area (Å²) in [4.78, 5) is 35.5. The number of nitrogens with zero attached hydrogens (tertiary/aromatic N) is 2. The second-order valence-corrected chi connectivity index (χ2v) is 10.0. The van der Waals surface area contributed by atoms with Gasteiger partial charge in [-0.1, -0.05) is 40.0 Å². The lowest BCUT2D eigenvalue weighted by molar-refractivity contribution is -0.134. The van der Waals surface area contributed by atoms with Gasteiger partial charge in [-0.05, 0) is 38.0 Å². The maximum Gasteiger partial charge on any atom is 0.254 e. The van der Waals surface area contributed by atoms with Crippen LogP contribution in [0, 0.1) is 5.92 Å². The highest BCUT2D eigenvalue weighted by atomic mass is 16.2. The zero-order chi connectivity index (χ0) is 19.2. The number of fused-ring (bicyclic) bond motifs is 2. The molecule has 1 atom stereocenters. The number of aromatic nitrogens is 2. The SMILES string of the molecule is CC(C)(C)c1nc2c(c(=O)[nH]1)CCC21CCCN(C(=O)CCC2CCC2)C1. The van der Waals surface area contributed by atoms with Gasteiger partial charge in [-0.3, -0.25) is 9.59 Å². The van der Waals surface area contributed by atoms with E-state index in [1.165, 1.54) is 19.3 Å². The average Bonchev–Trinajstić information content (AvgIpc) is 2.91. The summed E-state index contributed by atoms with van der Waals surface area (Å²) in [7, 11) is 0. The first kappa shape index (κ1) is 18.7. The van der Waals surface area contributed by atoms with Crippen LogP contribution in [0.15, 0.2) is 4.79 Å². The Balaban J connectivity index is 1.56. The van der Waals surface area contributed by atoms with Gasteiger partial charge in [-0.2, -0.15) is 0 Å². The summed E-state index contributed by atoms with van der Waals surface area (Å²) >= 11 is 0. The minimum absolute atomic E-state index is 0.0234. The van der Waals surface area contributed by atoms with Crippen molar-refractivity contribution in [1.29, 1.82) is 0 Å². The zero-order valence-corrected chi connectivity index (χ0v) is 17.1. The molecule has 1 aromatic heterocycles. The topological polar surface area (TPSA) is 66.1 Å². The van der Waals surface area contributed by atoms with E-state index in [2.05, 4.69) is 30.7 Å². The van der Waals surface area contributed by atoms with Crippen LogP contribution in [-0.2, 0) is 22.0 Å². The minimum atomic E-state index is -0.190. The molecule has 1 spiro atoms. The van der Waals surface area contributed by atoms with Crippen molar-refractivity contribution >= 4 is 5.91 Å². The monoisotopic (exact) mass is 371 g/mol. The molecule has 1 amide bonds. The zero-order valence-electron chi connectivity index (χ0n) is 17.1. The molecule has 4 rings (SSSR count). The molecule has 0 bridgehead atoms. The Kier molecular flexibility index (Phi) is 4.68. The number of aromatic amines is 1. The molecular formula is C22H33N3O2. The maximum absolute atomic E-state index is 12.8. The van der Waals surface area contributed by atoms with Gasteiger partial charge >= 0.3 is 0 Å². The number of nitrogens with one attached hydrogen (secondary N) is 1. The quantitative estimate of drug-likeness (QED) is 0.885. The third kappa shape index (κ3) is 3.45. The molecule has 1 aliphatic heterocycles. The van der Waals surface area contributed by atoms with Crippen molar-refractivity contribution in [1.82, 2.24) is 14.9 Å². The number of piperidine rings is 1. The van der Waals surface area contributed by atoms with E-state index >= 15 is 0 Å². The average molecular weight is 372 g/mol. The molecular weight excluding hydrogens is 338 g/mol. The number of likely N-dealkylation sites (tertiary alicyclic amines) is 1. The van der Waals surface area contributed by atoms with Crippen molar-refractivity contribution < 1.29 is 4.79 Å². The van der Waals surface area contributed by atoms with Gasteiger partial charge in [0.15, 0.2) is 0 Å². The fourth-order valence-electron chi connectivity index (χ4n) is 5.02. The molecule has 1 N–H and O–H groups in total. The summed E-state index contributed by atoms with van der Waals surface area (Å²) in [6.45, 7) is 7.84. The molecule has 1 aromatic rings. The van der Waals surface area contributed by atoms with Gasteiger partial charge in [0.1, 0.15) is 5.82 Å². The van der Waals surface area contributed by atoms with E-state index in [0.717, 1.165) is 68.2 Å². The van der Waals surface area contributed by atoms with Gasteiger partial charge in [0.05, 0.1) is 5.69 Å². The Hall–Kier alpha value is -1.65. The summed E-state index contributed by atoms with van der Waals surface area (Å²) in [5.74, 6) is 1.84. The van der Waals surface area contributed by atoms with Gasteiger partial charge in [0.2, 0.25) is 5.91 Å².